The Labute approximate surface area is 104 Å². The molecule has 0 unspecified atom stereocenters. The molecule has 1 rings (SSSR count). The monoisotopic (exact) mass is 240 g/mol. The van der Waals surface area contributed by atoms with Crippen molar-refractivity contribution in [1.82, 2.24) is 10.5 Å². The van der Waals surface area contributed by atoms with Crippen LogP contribution in [0, 0.1) is 0 Å². The van der Waals surface area contributed by atoms with Gasteiger partial charge in [0.2, 0.25) is 0 Å². The lowest BCUT2D eigenvalue weighted by molar-refractivity contribution is 0.0975. The van der Waals surface area contributed by atoms with Gasteiger partial charge in [-0.1, -0.05) is 37.8 Å². The van der Waals surface area contributed by atoms with Crippen molar-refractivity contribution < 1.29 is 9.26 Å². The average Bonchev–Trinajstić information content (AvgIpc) is 2.76. The molecule has 1 N–H and O–H groups in total. The van der Waals surface area contributed by atoms with Crippen molar-refractivity contribution in [2.45, 2.75) is 52.2 Å². The first-order valence-electron chi connectivity index (χ1n) is 6.53. The molecule has 0 aliphatic heterocycles. The lowest BCUT2D eigenvalue weighted by Gasteiger charge is -2.01. The highest BCUT2D eigenvalue weighted by molar-refractivity contribution is 5.03. The Morgan fingerprint density at radius 2 is 2.12 bits per heavy atom. The summed E-state index contributed by atoms with van der Waals surface area (Å²) in [5, 5.41) is 6.96. The predicted octanol–water partition coefficient (Wildman–Crippen LogP) is 2.88. The van der Waals surface area contributed by atoms with Gasteiger partial charge in [0.05, 0.1) is 5.69 Å². The summed E-state index contributed by atoms with van der Waals surface area (Å²) < 4.78 is 10.7. The molecule has 1 heterocycles. The van der Waals surface area contributed by atoms with Crippen LogP contribution in [0.3, 0.4) is 0 Å². The van der Waals surface area contributed by atoms with Gasteiger partial charge in [0.25, 0.3) is 0 Å². The Bertz CT molecular complexity index is 287. The summed E-state index contributed by atoms with van der Waals surface area (Å²) in [6.07, 6.45) is 6.32. The minimum Gasteiger partial charge on any atom is -0.373 e. The van der Waals surface area contributed by atoms with E-state index in [0.29, 0.717) is 6.61 Å². The zero-order valence-corrected chi connectivity index (χ0v) is 11.0. The molecule has 1 aromatic rings. The number of nitrogens with zero attached hydrogens (tertiary/aromatic N) is 1. The van der Waals surface area contributed by atoms with Crippen molar-refractivity contribution in [2.24, 2.45) is 0 Å². The van der Waals surface area contributed by atoms with Gasteiger partial charge in [0, 0.05) is 19.2 Å². The molecule has 98 valence electrons. The molecule has 0 aliphatic carbocycles. The van der Waals surface area contributed by atoms with Crippen molar-refractivity contribution in [1.29, 1.82) is 0 Å². The maximum Gasteiger partial charge on any atom is 0.162 e. The molecule has 0 aliphatic rings. The largest absolute Gasteiger partial charge is 0.373 e. The van der Waals surface area contributed by atoms with Crippen LogP contribution in [0.1, 0.15) is 50.5 Å². The summed E-state index contributed by atoms with van der Waals surface area (Å²) in [6, 6.07) is 1.94. The fraction of sp³-hybridized carbons (Fsp3) is 0.769. The third-order valence-electron chi connectivity index (χ3n) is 2.60. The van der Waals surface area contributed by atoms with Gasteiger partial charge in [0.1, 0.15) is 6.61 Å². The summed E-state index contributed by atoms with van der Waals surface area (Å²) in [4.78, 5) is 0. The van der Waals surface area contributed by atoms with E-state index in [0.717, 1.165) is 31.0 Å². The number of aromatic nitrogens is 1. The van der Waals surface area contributed by atoms with Crippen molar-refractivity contribution in [3.63, 3.8) is 0 Å². The number of hydrogen-bond acceptors (Lipinski definition) is 4. The van der Waals surface area contributed by atoms with Gasteiger partial charge in [-0.2, -0.15) is 0 Å². The zero-order chi connectivity index (χ0) is 12.3. The Kier molecular flexibility index (Phi) is 7.67. The molecule has 4 nitrogen and oxygen atoms in total. The molecule has 0 amide bonds. The SMILES string of the molecule is CCCCCCCOCc1cc(CNC)no1. The van der Waals surface area contributed by atoms with Crippen molar-refractivity contribution in [3.05, 3.63) is 17.5 Å². The first kappa shape index (κ1) is 14.2. The van der Waals surface area contributed by atoms with E-state index in [-0.39, 0.29) is 0 Å². The van der Waals surface area contributed by atoms with Crippen LogP contribution in [-0.4, -0.2) is 18.8 Å². The van der Waals surface area contributed by atoms with E-state index >= 15 is 0 Å². The van der Waals surface area contributed by atoms with Gasteiger partial charge in [-0.15, -0.1) is 0 Å². The Morgan fingerprint density at radius 3 is 2.88 bits per heavy atom. The van der Waals surface area contributed by atoms with Gasteiger partial charge < -0.3 is 14.6 Å². The highest BCUT2D eigenvalue weighted by Crippen LogP contribution is 2.06. The van der Waals surface area contributed by atoms with E-state index in [4.69, 9.17) is 9.26 Å². The molecular formula is C13H24N2O2. The topological polar surface area (TPSA) is 47.3 Å². The van der Waals surface area contributed by atoms with Crippen LogP contribution in [0.15, 0.2) is 10.6 Å². The second-order valence-electron chi connectivity index (χ2n) is 4.28. The first-order valence-corrected chi connectivity index (χ1v) is 6.53. The lowest BCUT2D eigenvalue weighted by Crippen LogP contribution is -2.04. The van der Waals surface area contributed by atoms with Gasteiger partial charge in [-0.25, -0.2) is 0 Å². The molecule has 0 atom stereocenters. The lowest BCUT2D eigenvalue weighted by atomic mass is 10.2. The van der Waals surface area contributed by atoms with Crippen molar-refractivity contribution in [3.8, 4) is 0 Å². The van der Waals surface area contributed by atoms with Gasteiger partial charge in [-0.05, 0) is 13.5 Å². The molecule has 0 fully saturated rings. The number of hydrogen-bond donors (Lipinski definition) is 1. The summed E-state index contributed by atoms with van der Waals surface area (Å²) in [7, 11) is 1.89. The fourth-order valence-electron chi connectivity index (χ4n) is 1.67. The standard InChI is InChI=1S/C13H24N2O2/c1-3-4-5-6-7-8-16-11-13-9-12(10-14-2)15-17-13/h9,14H,3-8,10-11H2,1-2H3. The maximum absolute atomic E-state index is 5.54. The zero-order valence-electron chi connectivity index (χ0n) is 11.0. The molecule has 17 heavy (non-hydrogen) atoms. The number of ether oxygens (including phenoxy) is 1. The third-order valence-corrected chi connectivity index (χ3v) is 2.60. The van der Waals surface area contributed by atoms with E-state index in [9.17, 15) is 0 Å². The quantitative estimate of drug-likeness (QED) is 0.639. The smallest absolute Gasteiger partial charge is 0.162 e. The van der Waals surface area contributed by atoms with E-state index in [2.05, 4.69) is 17.4 Å². The molecule has 1 aromatic heterocycles. The van der Waals surface area contributed by atoms with Crippen LogP contribution >= 0.6 is 0 Å². The minimum atomic E-state index is 0.532. The molecule has 0 saturated heterocycles. The van der Waals surface area contributed by atoms with Gasteiger partial charge >= 0.3 is 0 Å². The molecule has 0 spiro atoms. The van der Waals surface area contributed by atoms with Crippen LogP contribution in [0.4, 0.5) is 0 Å². The number of rotatable bonds is 10. The second kappa shape index (κ2) is 9.19. The summed E-state index contributed by atoms with van der Waals surface area (Å²) in [5.74, 6) is 0.809. The van der Waals surface area contributed by atoms with Crippen LogP contribution in [0.25, 0.3) is 0 Å². The maximum atomic E-state index is 5.54. The van der Waals surface area contributed by atoms with E-state index < -0.39 is 0 Å². The number of nitrogens with one attached hydrogen (secondary N) is 1. The van der Waals surface area contributed by atoms with Crippen molar-refractivity contribution in [2.75, 3.05) is 13.7 Å². The summed E-state index contributed by atoms with van der Waals surface area (Å²) in [5.41, 5.74) is 0.925. The number of unbranched alkanes of at least 4 members (excludes halogenated alkanes) is 4. The van der Waals surface area contributed by atoms with E-state index in [1.807, 2.05) is 13.1 Å². The van der Waals surface area contributed by atoms with Crippen LogP contribution < -0.4 is 5.32 Å². The van der Waals surface area contributed by atoms with E-state index in [1.165, 1.54) is 25.7 Å². The molecule has 0 bridgehead atoms. The Hall–Kier alpha value is -0.870. The molecule has 0 radical (unpaired) electrons. The highest BCUT2D eigenvalue weighted by Gasteiger charge is 2.02. The average molecular weight is 240 g/mol. The Morgan fingerprint density at radius 1 is 1.29 bits per heavy atom. The van der Waals surface area contributed by atoms with Gasteiger partial charge in [-0.3, -0.25) is 0 Å². The van der Waals surface area contributed by atoms with E-state index in [1.54, 1.807) is 0 Å². The first-order chi connectivity index (χ1) is 8.36. The molecular weight excluding hydrogens is 216 g/mol. The molecule has 4 heteroatoms. The Balaban J connectivity index is 2.01. The molecule has 0 aromatic carbocycles. The third kappa shape index (κ3) is 6.44. The van der Waals surface area contributed by atoms with Crippen molar-refractivity contribution >= 4 is 0 Å². The van der Waals surface area contributed by atoms with Gasteiger partial charge in [0.15, 0.2) is 5.76 Å². The summed E-state index contributed by atoms with van der Waals surface area (Å²) in [6.45, 7) is 4.31. The van der Waals surface area contributed by atoms with Crippen LogP contribution in [0.5, 0.6) is 0 Å². The highest BCUT2D eigenvalue weighted by atomic mass is 16.5. The normalized spacial score (nSPS) is 10.9. The van der Waals surface area contributed by atoms with Crippen LogP contribution in [0.2, 0.25) is 0 Å². The minimum absolute atomic E-state index is 0.532. The van der Waals surface area contributed by atoms with Crippen LogP contribution in [-0.2, 0) is 17.9 Å². The molecule has 0 saturated carbocycles. The predicted molar refractivity (Wildman–Crippen MR) is 67.7 cm³/mol. The second-order valence-corrected chi connectivity index (χ2v) is 4.28. The summed E-state index contributed by atoms with van der Waals surface area (Å²) >= 11 is 0. The fourth-order valence-corrected chi connectivity index (χ4v) is 1.67.